The molecule has 0 aromatic heterocycles. The summed E-state index contributed by atoms with van der Waals surface area (Å²) in [4.78, 5) is 23.2. The van der Waals surface area contributed by atoms with E-state index in [4.69, 9.17) is 10.8 Å². The van der Waals surface area contributed by atoms with Crippen molar-refractivity contribution in [3.8, 4) is 0 Å². The fourth-order valence-electron chi connectivity index (χ4n) is 2.42. The van der Waals surface area contributed by atoms with Gasteiger partial charge >= 0.3 is 5.97 Å². The average Bonchev–Trinajstić information content (AvgIpc) is 2.34. The van der Waals surface area contributed by atoms with E-state index in [1.165, 1.54) is 0 Å². The molecule has 2 unspecified atom stereocenters. The number of carbonyl (C=O) groups excluding carboxylic acids is 1. The van der Waals surface area contributed by atoms with Gasteiger partial charge < -0.3 is 16.2 Å². The second kappa shape index (κ2) is 6.73. The minimum atomic E-state index is -0.960. The van der Waals surface area contributed by atoms with Crippen LogP contribution >= 0.6 is 0 Å². The maximum atomic E-state index is 12.0. The molecule has 4 atom stereocenters. The third-order valence-corrected chi connectivity index (χ3v) is 3.86. The fraction of sp³-hybridized carbons (Fsp3) is 0.846. The highest BCUT2D eigenvalue weighted by molar-refractivity contribution is 5.85. The molecule has 1 saturated carbocycles. The maximum Gasteiger partial charge on any atom is 0.326 e. The van der Waals surface area contributed by atoms with Crippen molar-refractivity contribution in [1.82, 2.24) is 5.32 Å². The molecule has 104 valence electrons. The van der Waals surface area contributed by atoms with Gasteiger partial charge in [0.15, 0.2) is 0 Å². The average molecular weight is 256 g/mol. The van der Waals surface area contributed by atoms with E-state index in [1.807, 2.05) is 13.8 Å². The van der Waals surface area contributed by atoms with E-state index in [2.05, 4.69) is 5.32 Å². The molecule has 0 aliphatic heterocycles. The van der Waals surface area contributed by atoms with Crippen molar-refractivity contribution in [2.45, 2.75) is 58.0 Å². The standard InChI is InChI=1S/C13H24N2O3/c1-3-8(2)11(13(17)18)15-12(16)9-5-4-6-10(14)7-9/h8-11H,3-7,14H2,1-2H3,(H,15,16)(H,17,18)/t8-,9?,10?,11-/m0/s1. The van der Waals surface area contributed by atoms with E-state index in [-0.39, 0.29) is 23.8 Å². The zero-order valence-electron chi connectivity index (χ0n) is 11.2. The number of nitrogens with two attached hydrogens (primary N) is 1. The van der Waals surface area contributed by atoms with Crippen LogP contribution in [-0.4, -0.2) is 29.1 Å². The molecule has 0 heterocycles. The lowest BCUT2D eigenvalue weighted by molar-refractivity contribution is -0.144. The fourth-order valence-corrected chi connectivity index (χ4v) is 2.42. The van der Waals surface area contributed by atoms with Crippen molar-refractivity contribution in [1.29, 1.82) is 0 Å². The summed E-state index contributed by atoms with van der Waals surface area (Å²) in [6.07, 6.45) is 4.10. The first-order valence-electron chi connectivity index (χ1n) is 6.74. The molecular weight excluding hydrogens is 232 g/mol. The van der Waals surface area contributed by atoms with Crippen LogP contribution in [0, 0.1) is 11.8 Å². The normalized spacial score (nSPS) is 27.3. The Morgan fingerprint density at radius 1 is 1.44 bits per heavy atom. The number of carboxylic acids is 1. The van der Waals surface area contributed by atoms with Crippen molar-refractivity contribution in [3.05, 3.63) is 0 Å². The quantitative estimate of drug-likeness (QED) is 0.687. The SMILES string of the molecule is CC[C@H](C)[C@H](NC(=O)C1CCCC(N)C1)C(=O)O. The second-order valence-corrected chi connectivity index (χ2v) is 5.33. The Labute approximate surface area is 108 Å². The topological polar surface area (TPSA) is 92.4 Å². The van der Waals surface area contributed by atoms with Gasteiger partial charge in [0.2, 0.25) is 5.91 Å². The lowest BCUT2D eigenvalue weighted by atomic mass is 9.85. The summed E-state index contributed by atoms with van der Waals surface area (Å²) in [7, 11) is 0. The highest BCUT2D eigenvalue weighted by Crippen LogP contribution is 2.23. The summed E-state index contributed by atoms with van der Waals surface area (Å²) in [6.45, 7) is 3.76. The van der Waals surface area contributed by atoms with Gasteiger partial charge in [-0.3, -0.25) is 4.79 Å². The molecule has 0 spiro atoms. The zero-order chi connectivity index (χ0) is 13.7. The van der Waals surface area contributed by atoms with Gasteiger partial charge in [0, 0.05) is 12.0 Å². The Hall–Kier alpha value is -1.10. The van der Waals surface area contributed by atoms with Crippen LogP contribution in [0.1, 0.15) is 46.0 Å². The van der Waals surface area contributed by atoms with E-state index in [0.717, 1.165) is 25.7 Å². The summed E-state index contributed by atoms with van der Waals surface area (Å²) < 4.78 is 0. The summed E-state index contributed by atoms with van der Waals surface area (Å²) in [6, 6.07) is -0.720. The molecule has 1 aliphatic carbocycles. The van der Waals surface area contributed by atoms with Gasteiger partial charge in [-0.2, -0.15) is 0 Å². The number of rotatable bonds is 5. The third-order valence-electron chi connectivity index (χ3n) is 3.86. The van der Waals surface area contributed by atoms with Crippen LogP contribution in [0.15, 0.2) is 0 Å². The van der Waals surface area contributed by atoms with Gasteiger partial charge in [-0.25, -0.2) is 4.79 Å². The van der Waals surface area contributed by atoms with E-state index in [1.54, 1.807) is 0 Å². The number of carbonyl (C=O) groups is 2. The number of amides is 1. The first-order chi connectivity index (χ1) is 8.45. The van der Waals surface area contributed by atoms with Crippen molar-refractivity contribution >= 4 is 11.9 Å². The molecule has 1 fully saturated rings. The van der Waals surface area contributed by atoms with Crippen molar-refractivity contribution < 1.29 is 14.7 Å². The Kier molecular flexibility index (Phi) is 5.59. The first-order valence-corrected chi connectivity index (χ1v) is 6.74. The summed E-state index contributed by atoms with van der Waals surface area (Å²) >= 11 is 0. The summed E-state index contributed by atoms with van der Waals surface area (Å²) in [5, 5.41) is 11.8. The molecule has 4 N–H and O–H groups in total. The molecular formula is C13H24N2O3. The number of aliphatic carboxylic acids is 1. The highest BCUT2D eigenvalue weighted by atomic mass is 16.4. The van der Waals surface area contributed by atoms with Crippen LogP contribution in [-0.2, 0) is 9.59 Å². The monoisotopic (exact) mass is 256 g/mol. The number of nitrogens with one attached hydrogen (secondary N) is 1. The smallest absolute Gasteiger partial charge is 0.326 e. The van der Waals surface area contributed by atoms with Gasteiger partial charge in [0.1, 0.15) is 6.04 Å². The van der Waals surface area contributed by atoms with E-state index < -0.39 is 12.0 Å². The Bertz CT molecular complexity index is 307. The number of hydrogen-bond acceptors (Lipinski definition) is 3. The van der Waals surface area contributed by atoms with E-state index in [9.17, 15) is 9.59 Å². The summed E-state index contributed by atoms with van der Waals surface area (Å²) in [5.41, 5.74) is 5.84. The van der Waals surface area contributed by atoms with Gasteiger partial charge in [-0.05, 0) is 25.2 Å². The molecule has 0 aromatic rings. The largest absolute Gasteiger partial charge is 0.480 e. The van der Waals surface area contributed by atoms with Gasteiger partial charge in [-0.15, -0.1) is 0 Å². The van der Waals surface area contributed by atoms with Gasteiger partial charge in [0.05, 0.1) is 0 Å². The predicted octanol–water partition coefficient (Wildman–Crippen LogP) is 1.12. The van der Waals surface area contributed by atoms with Crippen LogP contribution in [0.25, 0.3) is 0 Å². The van der Waals surface area contributed by atoms with Gasteiger partial charge in [-0.1, -0.05) is 26.7 Å². The van der Waals surface area contributed by atoms with Crippen molar-refractivity contribution in [3.63, 3.8) is 0 Å². The molecule has 1 aliphatic rings. The molecule has 1 rings (SSSR count). The van der Waals surface area contributed by atoms with Crippen LogP contribution in [0.3, 0.4) is 0 Å². The molecule has 1 amide bonds. The highest BCUT2D eigenvalue weighted by Gasteiger charge is 2.30. The molecule has 5 heteroatoms. The molecule has 0 saturated heterocycles. The predicted molar refractivity (Wildman–Crippen MR) is 69.0 cm³/mol. The Morgan fingerprint density at radius 2 is 2.11 bits per heavy atom. The molecule has 0 radical (unpaired) electrons. The minimum Gasteiger partial charge on any atom is -0.480 e. The number of hydrogen-bond donors (Lipinski definition) is 3. The van der Waals surface area contributed by atoms with Crippen molar-refractivity contribution in [2.24, 2.45) is 17.6 Å². The number of carboxylic acid groups (broad SMARTS) is 1. The lowest BCUT2D eigenvalue weighted by Gasteiger charge is -2.28. The maximum absolute atomic E-state index is 12.0. The van der Waals surface area contributed by atoms with E-state index >= 15 is 0 Å². The lowest BCUT2D eigenvalue weighted by Crippen LogP contribution is -2.48. The van der Waals surface area contributed by atoms with Crippen LogP contribution in [0.2, 0.25) is 0 Å². The first kappa shape index (κ1) is 15.0. The van der Waals surface area contributed by atoms with E-state index in [0.29, 0.717) is 6.42 Å². The molecule has 0 aromatic carbocycles. The molecule has 5 nitrogen and oxygen atoms in total. The molecule has 0 bridgehead atoms. The van der Waals surface area contributed by atoms with Crippen LogP contribution < -0.4 is 11.1 Å². The van der Waals surface area contributed by atoms with Gasteiger partial charge in [0.25, 0.3) is 0 Å². The van der Waals surface area contributed by atoms with Crippen molar-refractivity contribution in [2.75, 3.05) is 0 Å². The molecule has 18 heavy (non-hydrogen) atoms. The Balaban J connectivity index is 2.58. The Morgan fingerprint density at radius 3 is 2.61 bits per heavy atom. The summed E-state index contributed by atoms with van der Waals surface area (Å²) in [5.74, 6) is -1.31. The zero-order valence-corrected chi connectivity index (χ0v) is 11.2. The third kappa shape index (κ3) is 3.98. The van der Waals surface area contributed by atoms with Crippen LogP contribution in [0.5, 0.6) is 0 Å². The van der Waals surface area contributed by atoms with Crippen LogP contribution in [0.4, 0.5) is 0 Å². The minimum absolute atomic E-state index is 0.0660. The second-order valence-electron chi connectivity index (χ2n) is 5.33.